The fourth-order valence-electron chi connectivity index (χ4n) is 8.57. The molecule has 4 rings (SSSR count). The predicted octanol–water partition coefficient (Wildman–Crippen LogP) is 16.2. The van der Waals surface area contributed by atoms with Gasteiger partial charge in [0.05, 0.1) is 33.6 Å². The molecular weight excluding hydrogens is 906 g/mol. The highest BCUT2D eigenvalue weighted by atomic mass is 35.5. The molecule has 0 radical (unpaired) electrons. The highest BCUT2D eigenvalue weighted by molar-refractivity contribution is 7.90. The summed E-state index contributed by atoms with van der Waals surface area (Å²) in [5.41, 5.74) is 0.341. The lowest BCUT2D eigenvalue weighted by Crippen LogP contribution is -2.52. The summed E-state index contributed by atoms with van der Waals surface area (Å²) in [6, 6.07) is 15.8. The maximum atomic E-state index is 14.7. The van der Waals surface area contributed by atoms with Crippen molar-refractivity contribution in [2.24, 2.45) is 4.99 Å². The van der Waals surface area contributed by atoms with Crippen molar-refractivity contribution in [1.82, 2.24) is 4.31 Å². The molecule has 67 heavy (non-hydrogen) atoms. The molecule has 1 heterocycles. The van der Waals surface area contributed by atoms with Crippen LogP contribution in [0.2, 0.25) is 10.0 Å². The monoisotopic (exact) mass is 984 g/mol. The van der Waals surface area contributed by atoms with E-state index in [1.165, 1.54) is 147 Å². The number of carboxylic acid groups (broad SMARTS) is 1. The third kappa shape index (κ3) is 19.6. The van der Waals surface area contributed by atoms with Crippen molar-refractivity contribution in [3.8, 4) is 11.5 Å². The third-order valence-electron chi connectivity index (χ3n) is 12.5. The number of hydrogen-bond donors (Lipinski definition) is 2. The van der Waals surface area contributed by atoms with E-state index in [-0.39, 0.29) is 44.3 Å². The van der Waals surface area contributed by atoms with Gasteiger partial charge in [0, 0.05) is 6.54 Å². The highest BCUT2D eigenvalue weighted by Crippen LogP contribution is 2.38. The van der Waals surface area contributed by atoms with Gasteiger partial charge in [-0.1, -0.05) is 228 Å². The maximum absolute atomic E-state index is 14.7. The van der Waals surface area contributed by atoms with Crippen LogP contribution in [-0.2, 0) is 14.8 Å². The third-order valence-corrected chi connectivity index (χ3v) is 14.9. The first kappa shape index (κ1) is 55.8. The molecule has 1 atom stereocenters. The zero-order valence-electron chi connectivity index (χ0n) is 40.5. The number of carboxylic acids is 1. The van der Waals surface area contributed by atoms with Gasteiger partial charge in [-0.2, -0.15) is 0 Å². The van der Waals surface area contributed by atoms with Crippen LogP contribution >= 0.6 is 23.2 Å². The molecule has 372 valence electrons. The van der Waals surface area contributed by atoms with Crippen molar-refractivity contribution < 1.29 is 32.6 Å². The normalized spacial score (nSPS) is 13.5. The Morgan fingerprint density at radius 3 is 1.60 bits per heavy atom. The van der Waals surface area contributed by atoms with Gasteiger partial charge in [0.15, 0.2) is 11.6 Å². The number of amidine groups is 1. The summed E-state index contributed by atoms with van der Waals surface area (Å²) in [7, 11) is -4.20. The number of aromatic carboxylic acids is 1. The Balaban J connectivity index is 1.40. The average Bonchev–Trinajstić information content (AvgIpc) is 3.31. The molecule has 1 aliphatic heterocycles. The summed E-state index contributed by atoms with van der Waals surface area (Å²) >= 11 is 13.2. The summed E-state index contributed by atoms with van der Waals surface area (Å²) in [4.78, 5) is 31.3. The Labute approximate surface area is 413 Å². The predicted molar refractivity (Wildman–Crippen MR) is 276 cm³/mol. The van der Waals surface area contributed by atoms with Gasteiger partial charge in [-0.3, -0.25) is 4.79 Å². The van der Waals surface area contributed by atoms with Crippen molar-refractivity contribution in [1.29, 1.82) is 0 Å². The van der Waals surface area contributed by atoms with Crippen LogP contribution in [0, 0.1) is 0 Å². The van der Waals surface area contributed by atoms with Crippen LogP contribution in [-0.4, -0.2) is 54.8 Å². The van der Waals surface area contributed by atoms with Crippen molar-refractivity contribution >= 4 is 62.3 Å². The van der Waals surface area contributed by atoms with E-state index in [9.17, 15) is 23.1 Å². The summed E-state index contributed by atoms with van der Waals surface area (Å²) < 4.78 is 42.6. The second kappa shape index (κ2) is 32.1. The molecular formula is C54H79Cl2N3O7S. The van der Waals surface area contributed by atoms with Crippen molar-refractivity contribution in [2.45, 2.75) is 205 Å². The molecule has 0 saturated heterocycles. The first-order valence-corrected chi connectivity index (χ1v) is 27.9. The lowest BCUT2D eigenvalue weighted by molar-refractivity contribution is -0.120. The SMILES string of the molecule is CCCCCCCCCCCCCCCCCCOc1ccccc1NC(=O)C(Oc1c(Cl)cc(C(=O)O)cc1Cl)C1=Nc2ccccc2S(=O)(=O)N1CCCCCCCCCCCCCC. The molecule has 0 aromatic heterocycles. The van der Waals surface area contributed by atoms with Gasteiger partial charge >= 0.3 is 5.97 Å². The Morgan fingerprint density at radius 1 is 0.642 bits per heavy atom. The number of benzene rings is 3. The van der Waals surface area contributed by atoms with Gasteiger partial charge in [-0.25, -0.2) is 22.5 Å². The number of halogens is 2. The first-order valence-electron chi connectivity index (χ1n) is 25.7. The van der Waals surface area contributed by atoms with Crippen LogP contribution in [0.25, 0.3) is 0 Å². The molecule has 0 fully saturated rings. The fraction of sp³-hybridized carbons (Fsp3) is 0.611. The van der Waals surface area contributed by atoms with E-state index in [4.69, 9.17) is 37.7 Å². The van der Waals surface area contributed by atoms with Gasteiger partial charge in [0.2, 0.25) is 6.10 Å². The highest BCUT2D eigenvalue weighted by Gasteiger charge is 2.42. The molecule has 1 unspecified atom stereocenters. The minimum Gasteiger partial charge on any atom is -0.491 e. The number of ether oxygens (including phenoxy) is 2. The van der Waals surface area contributed by atoms with Crippen molar-refractivity contribution in [2.75, 3.05) is 18.5 Å². The second-order valence-electron chi connectivity index (χ2n) is 18.1. The van der Waals surface area contributed by atoms with E-state index in [2.05, 4.69) is 19.2 Å². The Bertz CT molecular complexity index is 2040. The fourth-order valence-corrected chi connectivity index (χ4v) is 10.8. The van der Waals surface area contributed by atoms with E-state index in [0.717, 1.165) is 49.3 Å². The molecule has 0 bridgehead atoms. The van der Waals surface area contributed by atoms with E-state index < -0.39 is 28.0 Å². The van der Waals surface area contributed by atoms with E-state index in [1.807, 2.05) is 6.07 Å². The van der Waals surface area contributed by atoms with Crippen LogP contribution in [0.4, 0.5) is 11.4 Å². The van der Waals surface area contributed by atoms with Gasteiger partial charge in [0.1, 0.15) is 10.6 Å². The average molecular weight is 985 g/mol. The maximum Gasteiger partial charge on any atom is 0.335 e. The molecule has 3 aromatic rings. The van der Waals surface area contributed by atoms with E-state index in [0.29, 0.717) is 24.5 Å². The molecule has 0 saturated carbocycles. The first-order chi connectivity index (χ1) is 32.6. The number of anilines is 1. The number of amides is 1. The summed E-state index contributed by atoms with van der Waals surface area (Å²) in [5.74, 6) is -1.91. The number of fused-ring (bicyclic) bond motifs is 1. The number of para-hydroxylation sites is 3. The summed E-state index contributed by atoms with van der Waals surface area (Å²) in [6.45, 7) is 5.01. The number of nitrogens with zero attached hydrogens (tertiary/aromatic N) is 2. The standard InChI is InChI=1S/C54H79Cl2N3O7S/c1-3-5-7-9-11-13-15-17-18-19-20-22-24-26-28-34-40-65-48-37-31-29-35-46(48)58-53(60)51(66-50-44(55)41-43(54(61)62)42-45(50)56)52-57-47-36-30-32-38-49(47)67(63,64)59(52)39-33-27-25-23-21-16-14-12-10-8-6-4-2/h29-32,35-38,41-42,51H,3-28,33-34,39-40H2,1-2H3,(H,58,60)(H,61,62). The largest absolute Gasteiger partial charge is 0.491 e. The summed E-state index contributed by atoms with van der Waals surface area (Å²) in [5, 5.41) is 12.2. The van der Waals surface area contributed by atoms with Crippen LogP contribution < -0.4 is 14.8 Å². The number of aliphatic imine (C=N–C) groups is 1. The Morgan fingerprint density at radius 2 is 1.09 bits per heavy atom. The molecule has 10 nitrogen and oxygen atoms in total. The zero-order valence-corrected chi connectivity index (χ0v) is 42.8. The van der Waals surface area contributed by atoms with Gasteiger partial charge in [-0.15, -0.1) is 0 Å². The smallest absolute Gasteiger partial charge is 0.335 e. The molecule has 1 amide bonds. The Hall–Kier alpha value is -3.80. The number of sulfonamides is 1. The van der Waals surface area contributed by atoms with Gasteiger partial charge in [-0.05, 0) is 49.2 Å². The lowest BCUT2D eigenvalue weighted by atomic mass is 10.0. The van der Waals surface area contributed by atoms with Gasteiger partial charge < -0.3 is 19.9 Å². The molecule has 13 heteroatoms. The minimum absolute atomic E-state index is 0.0200. The number of nitrogens with one attached hydrogen (secondary N) is 1. The topological polar surface area (TPSA) is 135 Å². The minimum atomic E-state index is -4.20. The number of unbranched alkanes of at least 4 members (excludes halogenated alkanes) is 26. The number of carbonyl (C=O) groups is 2. The van der Waals surface area contributed by atoms with E-state index >= 15 is 0 Å². The Kier molecular flexibility index (Phi) is 26.7. The van der Waals surface area contributed by atoms with Crippen molar-refractivity contribution in [3.63, 3.8) is 0 Å². The molecule has 3 aromatic carbocycles. The van der Waals surface area contributed by atoms with E-state index in [1.54, 1.807) is 36.4 Å². The zero-order chi connectivity index (χ0) is 48.1. The number of carbonyl (C=O) groups excluding carboxylic acids is 1. The van der Waals surface area contributed by atoms with Crippen LogP contribution in [0.5, 0.6) is 11.5 Å². The molecule has 0 spiro atoms. The second-order valence-corrected chi connectivity index (χ2v) is 20.8. The summed E-state index contributed by atoms with van der Waals surface area (Å²) in [6.07, 6.45) is 32.0. The van der Waals surface area contributed by atoms with Crippen LogP contribution in [0.3, 0.4) is 0 Å². The molecule has 0 aliphatic carbocycles. The van der Waals surface area contributed by atoms with Gasteiger partial charge in [0.25, 0.3) is 15.9 Å². The van der Waals surface area contributed by atoms with Crippen molar-refractivity contribution in [3.05, 3.63) is 76.3 Å². The molecule has 1 aliphatic rings. The quantitative estimate of drug-likeness (QED) is 0.0549. The van der Waals surface area contributed by atoms with Crippen LogP contribution in [0.15, 0.2) is 70.6 Å². The molecule has 2 N–H and O–H groups in total. The van der Waals surface area contributed by atoms with Crippen LogP contribution in [0.1, 0.15) is 204 Å². The number of rotatable bonds is 37. The lowest BCUT2D eigenvalue weighted by Gasteiger charge is -2.33. The number of hydrogen-bond acceptors (Lipinski definition) is 7.